The quantitative estimate of drug-likeness (QED) is 0.673. The fraction of sp³-hybridized carbons (Fsp3) is 0.125. The summed E-state index contributed by atoms with van der Waals surface area (Å²) in [5, 5.41) is 0.258. The third-order valence-electron chi connectivity index (χ3n) is 2.83. The molecule has 0 aliphatic rings. The maximum atomic E-state index is 6.06. The highest BCUT2D eigenvalue weighted by molar-refractivity contribution is 6.31. The van der Waals surface area contributed by atoms with Gasteiger partial charge in [0, 0.05) is 0 Å². The lowest BCUT2D eigenvalue weighted by atomic mass is 10.3. The first-order valence-electron chi connectivity index (χ1n) is 6.56. The van der Waals surface area contributed by atoms with Gasteiger partial charge in [0.2, 0.25) is 0 Å². The van der Waals surface area contributed by atoms with Crippen molar-refractivity contribution >= 4 is 22.6 Å². The van der Waals surface area contributed by atoms with E-state index < -0.39 is 0 Å². The Balaban J connectivity index is 1.61. The molecular formula is C16H13ClN2O2. The molecule has 21 heavy (non-hydrogen) atoms. The van der Waals surface area contributed by atoms with E-state index in [1.165, 1.54) is 0 Å². The number of ether oxygens (including phenoxy) is 2. The van der Waals surface area contributed by atoms with Gasteiger partial charge in [-0.2, -0.15) is 0 Å². The van der Waals surface area contributed by atoms with E-state index in [1.54, 1.807) is 0 Å². The van der Waals surface area contributed by atoms with E-state index in [2.05, 4.69) is 9.97 Å². The molecule has 0 atom stereocenters. The molecule has 0 aliphatic carbocycles. The van der Waals surface area contributed by atoms with E-state index in [0.717, 1.165) is 16.8 Å². The Labute approximate surface area is 127 Å². The molecule has 4 nitrogen and oxygen atoms in total. The predicted octanol–water partition coefficient (Wildman–Crippen LogP) is 3.74. The van der Waals surface area contributed by atoms with Gasteiger partial charge in [0.05, 0.1) is 11.0 Å². The largest absolute Gasteiger partial charge is 0.490 e. The molecule has 5 heteroatoms. The molecule has 0 fully saturated rings. The van der Waals surface area contributed by atoms with Crippen LogP contribution in [0.15, 0.2) is 54.6 Å². The summed E-state index contributed by atoms with van der Waals surface area (Å²) in [7, 11) is 0. The predicted molar refractivity (Wildman–Crippen MR) is 82.0 cm³/mol. The summed E-state index contributed by atoms with van der Waals surface area (Å²) in [6.07, 6.45) is 0. The van der Waals surface area contributed by atoms with Gasteiger partial charge in [0.15, 0.2) is 5.15 Å². The van der Waals surface area contributed by atoms with Gasteiger partial charge in [0.1, 0.15) is 19.0 Å². The molecule has 0 aliphatic heterocycles. The van der Waals surface area contributed by atoms with Crippen molar-refractivity contribution in [2.45, 2.75) is 0 Å². The van der Waals surface area contributed by atoms with E-state index in [9.17, 15) is 0 Å². The van der Waals surface area contributed by atoms with E-state index in [-0.39, 0.29) is 5.15 Å². The van der Waals surface area contributed by atoms with Gasteiger partial charge in [-0.15, -0.1) is 0 Å². The number of aromatic nitrogens is 2. The molecular weight excluding hydrogens is 288 g/mol. The van der Waals surface area contributed by atoms with Crippen LogP contribution in [-0.4, -0.2) is 23.2 Å². The zero-order valence-electron chi connectivity index (χ0n) is 11.2. The molecule has 0 bridgehead atoms. The second-order valence-electron chi connectivity index (χ2n) is 4.32. The molecule has 0 N–H and O–H groups in total. The van der Waals surface area contributed by atoms with Gasteiger partial charge in [0.25, 0.3) is 5.88 Å². The topological polar surface area (TPSA) is 44.2 Å². The number of hydrogen-bond donors (Lipinski definition) is 0. The summed E-state index contributed by atoms with van der Waals surface area (Å²) < 4.78 is 11.1. The van der Waals surface area contributed by atoms with Crippen LogP contribution in [0.25, 0.3) is 11.0 Å². The van der Waals surface area contributed by atoms with Crippen LogP contribution in [0.2, 0.25) is 5.15 Å². The molecule has 0 amide bonds. The van der Waals surface area contributed by atoms with E-state index in [4.69, 9.17) is 21.1 Å². The maximum absolute atomic E-state index is 6.06. The van der Waals surface area contributed by atoms with Crippen molar-refractivity contribution in [3.8, 4) is 11.6 Å². The zero-order chi connectivity index (χ0) is 14.5. The van der Waals surface area contributed by atoms with Gasteiger partial charge in [-0.05, 0) is 24.3 Å². The number of halogens is 1. The highest BCUT2D eigenvalue weighted by Crippen LogP contribution is 2.22. The van der Waals surface area contributed by atoms with E-state index in [1.807, 2.05) is 54.6 Å². The van der Waals surface area contributed by atoms with Crippen LogP contribution in [0.4, 0.5) is 0 Å². The average Bonchev–Trinajstić information content (AvgIpc) is 2.53. The molecule has 1 heterocycles. The maximum Gasteiger partial charge on any atom is 0.252 e. The van der Waals surface area contributed by atoms with Crippen molar-refractivity contribution in [3.63, 3.8) is 0 Å². The minimum absolute atomic E-state index is 0.258. The summed E-state index contributed by atoms with van der Waals surface area (Å²) in [6.45, 7) is 0.760. The van der Waals surface area contributed by atoms with Crippen LogP contribution < -0.4 is 9.47 Å². The molecule has 0 spiro atoms. The highest BCUT2D eigenvalue weighted by Gasteiger charge is 2.07. The molecule has 2 aromatic carbocycles. The van der Waals surface area contributed by atoms with E-state index >= 15 is 0 Å². The van der Waals surface area contributed by atoms with Crippen molar-refractivity contribution in [1.29, 1.82) is 0 Å². The van der Waals surface area contributed by atoms with Crippen LogP contribution >= 0.6 is 11.6 Å². The average molecular weight is 301 g/mol. The van der Waals surface area contributed by atoms with Crippen LogP contribution in [0.1, 0.15) is 0 Å². The minimum Gasteiger partial charge on any atom is -0.490 e. The third-order valence-corrected chi connectivity index (χ3v) is 3.08. The second-order valence-corrected chi connectivity index (χ2v) is 4.68. The summed E-state index contributed by atoms with van der Waals surface area (Å²) in [6, 6.07) is 17.1. The fourth-order valence-corrected chi connectivity index (χ4v) is 2.06. The van der Waals surface area contributed by atoms with Gasteiger partial charge in [-0.3, -0.25) is 0 Å². The summed E-state index contributed by atoms with van der Waals surface area (Å²) in [4.78, 5) is 8.60. The number of para-hydroxylation sites is 3. The van der Waals surface area contributed by atoms with Gasteiger partial charge in [-0.25, -0.2) is 9.97 Å². The molecule has 0 unspecified atom stereocenters. The van der Waals surface area contributed by atoms with Crippen molar-refractivity contribution < 1.29 is 9.47 Å². The number of benzene rings is 2. The van der Waals surface area contributed by atoms with Crippen molar-refractivity contribution in [1.82, 2.24) is 9.97 Å². The lowest BCUT2D eigenvalue weighted by molar-refractivity contribution is 0.212. The van der Waals surface area contributed by atoms with Crippen LogP contribution in [0.3, 0.4) is 0 Å². The molecule has 0 saturated carbocycles. The normalized spacial score (nSPS) is 10.5. The van der Waals surface area contributed by atoms with Crippen LogP contribution in [0.5, 0.6) is 11.6 Å². The van der Waals surface area contributed by atoms with Crippen LogP contribution in [0, 0.1) is 0 Å². The Morgan fingerprint density at radius 2 is 1.38 bits per heavy atom. The summed E-state index contributed by atoms with van der Waals surface area (Å²) in [5.74, 6) is 1.13. The Kier molecular flexibility index (Phi) is 4.17. The van der Waals surface area contributed by atoms with E-state index in [0.29, 0.717) is 19.1 Å². The Bertz CT molecular complexity index is 735. The Morgan fingerprint density at radius 1 is 0.762 bits per heavy atom. The first kappa shape index (κ1) is 13.6. The molecule has 1 aromatic heterocycles. The lowest BCUT2D eigenvalue weighted by Gasteiger charge is -2.09. The van der Waals surface area contributed by atoms with Crippen LogP contribution in [-0.2, 0) is 0 Å². The minimum atomic E-state index is 0.258. The SMILES string of the molecule is Clc1nc2ccccc2nc1OCCOc1ccccc1. The number of rotatable bonds is 5. The van der Waals surface area contributed by atoms with Gasteiger partial charge in [-0.1, -0.05) is 41.9 Å². The fourth-order valence-electron chi connectivity index (χ4n) is 1.87. The zero-order valence-corrected chi connectivity index (χ0v) is 12.0. The lowest BCUT2D eigenvalue weighted by Crippen LogP contribution is -2.10. The number of fused-ring (bicyclic) bond motifs is 1. The highest BCUT2D eigenvalue weighted by atomic mass is 35.5. The van der Waals surface area contributed by atoms with Crippen molar-refractivity contribution in [3.05, 3.63) is 59.8 Å². The van der Waals surface area contributed by atoms with Gasteiger partial charge < -0.3 is 9.47 Å². The monoisotopic (exact) mass is 300 g/mol. The molecule has 106 valence electrons. The van der Waals surface area contributed by atoms with Gasteiger partial charge >= 0.3 is 0 Å². The van der Waals surface area contributed by atoms with Crippen molar-refractivity contribution in [2.75, 3.05) is 13.2 Å². The molecule has 0 radical (unpaired) electrons. The number of hydrogen-bond acceptors (Lipinski definition) is 4. The molecule has 3 rings (SSSR count). The summed E-state index contributed by atoms with van der Waals surface area (Å²) in [5.41, 5.74) is 1.50. The second kappa shape index (κ2) is 6.41. The smallest absolute Gasteiger partial charge is 0.252 e. The third kappa shape index (κ3) is 3.41. The summed E-state index contributed by atoms with van der Waals surface area (Å²) >= 11 is 6.06. The first-order valence-corrected chi connectivity index (χ1v) is 6.94. The Morgan fingerprint density at radius 3 is 2.14 bits per heavy atom. The first-order chi connectivity index (χ1) is 10.3. The Hall–Kier alpha value is -2.33. The number of nitrogens with zero attached hydrogens (tertiary/aromatic N) is 2. The molecule has 0 saturated heterocycles. The standard InChI is InChI=1S/C16H13ClN2O2/c17-15-16(19-14-9-5-4-8-13(14)18-15)21-11-10-20-12-6-2-1-3-7-12/h1-9H,10-11H2. The van der Waals surface area contributed by atoms with Crippen molar-refractivity contribution in [2.24, 2.45) is 0 Å². The molecule has 3 aromatic rings.